The molecule has 362 valence electrons. The molecule has 0 fully saturated rings. The lowest BCUT2D eigenvalue weighted by molar-refractivity contribution is -0.139. The Hall–Kier alpha value is -6.00. The van der Waals surface area contributed by atoms with Gasteiger partial charge in [0.2, 0.25) is 0 Å². The topological polar surface area (TPSA) is 200 Å². The average molecular weight is 1090 g/mol. The number of H-pyrrole nitrogens is 3. The summed E-state index contributed by atoms with van der Waals surface area (Å²) in [5.41, 5.74) is -3.76. The second kappa shape index (κ2) is 26.4. The molecule has 67 heavy (non-hydrogen) atoms. The van der Waals surface area contributed by atoms with E-state index < -0.39 is 64.1 Å². The summed E-state index contributed by atoms with van der Waals surface area (Å²) in [4.78, 5) is 68.0. The molecule has 0 aromatic carbocycles. The van der Waals surface area contributed by atoms with Crippen molar-refractivity contribution in [1.82, 2.24) is 39.9 Å². The van der Waals surface area contributed by atoms with E-state index in [4.69, 9.17) is 5.11 Å². The smallest absolute Gasteiger partial charge is 0.417 e. The van der Waals surface area contributed by atoms with Crippen molar-refractivity contribution in [2.24, 2.45) is 0 Å². The molecule has 0 aliphatic rings. The molecule has 0 aliphatic heterocycles. The number of carbonyl (C=O) groups excluding carboxylic acids is 1. The molecule has 0 unspecified atom stereocenters. The number of carbonyl (C=O) groups is 2. The first-order valence-corrected chi connectivity index (χ1v) is 19.9. The number of hydrogen-bond donors (Lipinski definition) is 4. The number of nitrogens with zero attached hydrogens (tertiary/aromatic N) is 5. The number of thioether (sulfide) groups is 1. The Labute approximate surface area is 392 Å². The second-order valence-electron chi connectivity index (χ2n) is 12.2. The Kier molecular flexibility index (Phi) is 23.2. The van der Waals surface area contributed by atoms with Gasteiger partial charge in [-0.2, -0.15) is 52.7 Å². The number of alkyl halides is 13. The van der Waals surface area contributed by atoms with Crippen LogP contribution in [-0.4, -0.2) is 57.2 Å². The number of aldehydes is 1. The summed E-state index contributed by atoms with van der Waals surface area (Å²) in [7, 11) is 0. The Morgan fingerprint density at radius 3 is 1.54 bits per heavy atom. The van der Waals surface area contributed by atoms with Crippen molar-refractivity contribution >= 4 is 64.6 Å². The SMILES string of the molecule is Cc1cc(=O)[nH]c(=S)[nH]1.Cc1cc(=O)[nH]c(SCc2cnccc2C(F)(F)F)n1.Cl.FC(F)(F)c1ccncc1CBr.O=C(O)c1cnccc1C(F)(F)F.O=Cc1cnccc1C(F)(F)F. The number of nitrogens with one attached hydrogen (secondary N) is 3. The fraction of sp³-hybridized carbons (Fsp3) is 0.211. The maximum Gasteiger partial charge on any atom is 0.417 e. The van der Waals surface area contributed by atoms with Crippen LogP contribution in [-0.2, 0) is 35.8 Å². The number of carboxylic acid groups (broad SMARTS) is 1. The van der Waals surface area contributed by atoms with Crippen LogP contribution in [0.2, 0.25) is 0 Å². The molecule has 0 spiro atoms. The summed E-state index contributed by atoms with van der Waals surface area (Å²) in [6.07, 6.45) is -9.66. The minimum atomic E-state index is -4.66. The molecule has 6 heterocycles. The number of aryl methyl sites for hydroxylation is 2. The summed E-state index contributed by atoms with van der Waals surface area (Å²) < 4.78 is 148. The van der Waals surface area contributed by atoms with Gasteiger partial charge in [-0.05, 0) is 61.5 Å². The van der Waals surface area contributed by atoms with E-state index in [1.54, 1.807) is 13.8 Å². The predicted octanol–water partition coefficient (Wildman–Crippen LogP) is 10.7. The third-order valence-corrected chi connectivity index (χ3v) is 9.04. The average Bonchev–Trinajstić information content (AvgIpc) is 3.22. The minimum Gasteiger partial charge on any atom is -0.478 e. The zero-order chi connectivity index (χ0) is 50.0. The molecule has 0 radical (unpaired) electrons. The lowest BCUT2D eigenvalue weighted by Gasteiger charge is -2.11. The van der Waals surface area contributed by atoms with Gasteiger partial charge in [0, 0.05) is 89.7 Å². The summed E-state index contributed by atoms with van der Waals surface area (Å²) >= 11 is 8.66. The number of hydrogen-bond acceptors (Lipinski definition) is 11. The van der Waals surface area contributed by atoms with Crippen molar-refractivity contribution in [2.75, 3.05) is 0 Å². The number of pyridine rings is 4. The van der Waals surface area contributed by atoms with Crippen LogP contribution in [0.25, 0.3) is 0 Å². The van der Waals surface area contributed by atoms with Gasteiger partial charge in [-0.15, -0.1) is 12.4 Å². The number of aromatic nitrogens is 8. The zero-order valence-corrected chi connectivity index (χ0v) is 37.6. The van der Waals surface area contributed by atoms with Crippen LogP contribution in [0.5, 0.6) is 0 Å². The molecule has 4 N–H and O–H groups in total. The normalized spacial score (nSPS) is 11.0. The molecule has 0 amide bonds. The number of aromatic carboxylic acids is 1. The maximum atomic E-state index is 12.8. The number of halogens is 14. The van der Waals surface area contributed by atoms with Crippen molar-refractivity contribution in [3.8, 4) is 0 Å². The van der Waals surface area contributed by atoms with E-state index in [2.05, 4.69) is 68.0 Å². The van der Waals surface area contributed by atoms with Crippen molar-refractivity contribution in [3.05, 3.63) is 167 Å². The molecular formula is C38H30BrClF12N8O5S2. The van der Waals surface area contributed by atoms with E-state index in [1.807, 2.05) is 0 Å². The van der Waals surface area contributed by atoms with E-state index >= 15 is 0 Å². The van der Waals surface area contributed by atoms with E-state index in [9.17, 15) is 71.9 Å². The lowest BCUT2D eigenvalue weighted by Crippen LogP contribution is -2.12. The highest BCUT2D eigenvalue weighted by Gasteiger charge is 2.36. The number of aromatic amines is 3. The molecule has 0 saturated heterocycles. The van der Waals surface area contributed by atoms with Gasteiger partial charge in [0.25, 0.3) is 11.1 Å². The van der Waals surface area contributed by atoms with Crippen molar-refractivity contribution < 1.29 is 67.4 Å². The van der Waals surface area contributed by atoms with Gasteiger partial charge in [0.05, 0.1) is 27.8 Å². The minimum absolute atomic E-state index is 0. The Morgan fingerprint density at radius 1 is 0.687 bits per heavy atom. The second-order valence-corrected chi connectivity index (χ2v) is 14.2. The first-order chi connectivity index (χ1) is 30.6. The highest BCUT2D eigenvalue weighted by molar-refractivity contribution is 9.08. The summed E-state index contributed by atoms with van der Waals surface area (Å²) in [6.45, 7) is 3.43. The van der Waals surface area contributed by atoms with Crippen LogP contribution in [0.15, 0.2) is 101 Å². The van der Waals surface area contributed by atoms with Crippen LogP contribution >= 0.6 is 52.3 Å². The maximum absolute atomic E-state index is 12.8. The Bertz CT molecular complexity index is 2710. The number of carboxylic acids is 1. The molecule has 0 saturated carbocycles. The van der Waals surface area contributed by atoms with E-state index in [0.29, 0.717) is 22.7 Å². The molecular weight excluding hydrogens is 1060 g/mol. The molecule has 0 bridgehead atoms. The highest BCUT2D eigenvalue weighted by atomic mass is 79.9. The van der Waals surface area contributed by atoms with Crippen LogP contribution in [0.3, 0.4) is 0 Å². The number of rotatable bonds is 6. The van der Waals surface area contributed by atoms with E-state index in [1.165, 1.54) is 24.5 Å². The molecule has 6 aromatic rings. The zero-order valence-electron chi connectivity index (χ0n) is 33.5. The largest absolute Gasteiger partial charge is 0.478 e. The van der Waals surface area contributed by atoms with Gasteiger partial charge in [0.15, 0.2) is 16.2 Å². The third kappa shape index (κ3) is 20.6. The van der Waals surface area contributed by atoms with Gasteiger partial charge >= 0.3 is 30.7 Å². The summed E-state index contributed by atoms with van der Waals surface area (Å²) in [6, 6.07) is 6.07. The monoisotopic (exact) mass is 1080 g/mol. The first kappa shape index (κ1) is 59.0. The standard InChI is InChI=1S/C12H10F3N3OS.C7H5BrF3N.C7H4F3NO2.C7H4F3NO.C5H6N2OS.ClH/c1-7-4-10(19)18-11(17-7)20-6-8-5-16-3-2-9(8)12(13,14)15;8-3-5-4-12-2-1-6(5)7(9,10)11;8-7(9,10)5-1-2-11-3-4(5)6(12)13;8-7(9,10)6-1-2-11-3-5(6)4-12;1-3-2-4(8)7-5(9)6-3;/h2-5H,6H2,1H3,(H,17,18,19);1-2,4H,3H2;1-3H,(H,12,13);1-4H;2H,1H3,(H2,6,7,8,9);1H. The van der Waals surface area contributed by atoms with Crippen LogP contribution in [0, 0.1) is 18.6 Å². The third-order valence-electron chi connectivity index (χ3n) is 7.31. The highest BCUT2D eigenvalue weighted by Crippen LogP contribution is 2.35. The fourth-order valence-electron chi connectivity index (χ4n) is 4.56. The first-order valence-electron chi connectivity index (χ1n) is 17.4. The molecule has 29 heteroatoms. The summed E-state index contributed by atoms with van der Waals surface area (Å²) in [5, 5.41) is 8.84. The van der Waals surface area contributed by atoms with Gasteiger partial charge in [-0.25, -0.2) is 9.78 Å². The van der Waals surface area contributed by atoms with Gasteiger partial charge in [-0.3, -0.25) is 39.3 Å². The van der Waals surface area contributed by atoms with Crippen molar-refractivity contribution in [3.63, 3.8) is 0 Å². The quantitative estimate of drug-likeness (QED) is 0.0308. The van der Waals surface area contributed by atoms with Crippen LogP contribution in [0.4, 0.5) is 52.7 Å². The van der Waals surface area contributed by atoms with Crippen molar-refractivity contribution in [2.45, 2.75) is 54.8 Å². The van der Waals surface area contributed by atoms with Gasteiger partial charge < -0.3 is 15.1 Å². The van der Waals surface area contributed by atoms with E-state index in [-0.39, 0.29) is 57.2 Å². The predicted molar refractivity (Wildman–Crippen MR) is 225 cm³/mol. The molecule has 0 aliphatic carbocycles. The van der Waals surface area contributed by atoms with Crippen molar-refractivity contribution in [1.29, 1.82) is 0 Å². The van der Waals surface area contributed by atoms with Gasteiger partial charge in [0.1, 0.15) is 0 Å². The Morgan fingerprint density at radius 2 is 1.13 bits per heavy atom. The van der Waals surface area contributed by atoms with Crippen LogP contribution < -0.4 is 11.1 Å². The molecule has 0 atom stereocenters. The summed E-state index contributed by atoms with van der Waals surface area (Å²) in [5.74, 6) is -1.62. The molecule has 6 rings (SSSR count). The lowest BCUT2D eigenvalue weighted by atomic mass is 10.1. The van der Waals surface area contributed by atoms with Crippen LogP contribution in [0.1, 0.15) is 65.5 Å². The van der Waals surface area contributed by atoms with E-state index in [0.717, 1.165) is 66.6 Å². The molecule has 6 aromatic heterocycles. The molecule has 13 nitrogen and oxygen atoms in total. The van der Waals surface area contributed by atoms with Gasteiger partial charge in [-0.1, -0.05) is 27.7 Å². The fourth-order valence-corrected chi connectivity index (χ4v) is 6.17. The Balaban J connectivity index is 0.000000428.